The number of hydrogen-bond acceptors (Lipinski definition) is 4. The number of thioether (sulfide) groups is 1. The molecule has 26 heavy (non-hydrogen) atoms. The zero-order valence-electron chi connectivity index (χ0n) is 15.1. The molecule has 1 saturated heterocycles. The van der Waals surface area contributed by atoms with Crippen LogP contribution in [0.3, 0.4) is 0 Å². The lowest BCUT2D eigenvalue weighted by molar-refractivity contribution is -0.142. The Hall–Kier alpha value is -1.79. The van der Waals surface area contributed by atoms with Crippen molar-refractivity contribution in [3.63, 3.8) is 0 Å². The third kappa shape index (κ3) is 3.81. The zero-order valence-corrected chi connectivity index (χ0v) is 15.9. The largest absolute Gasteiger partial charge is 0.388 e. The van der Waals surface area contributed by atoms with Gasteiger partial charge in [0.1, 0.15) is 0 Å². The van der Waals surface area contributed by atoms with Gasteiger partial charge in [0.25, 0.3) is 0 Å². The first kappa shape index (κ1) is 19.0. The van der Waals surface area contributed by atoms with E-state index in [1.807, 2.05) is 48.7 Å². The van der Waals surface area contributed by atoms with Crippen molar-refractivity contribution in [1.29, 1.82) is 0 Å². The van der Waals surface area contributed by atoms with Crippen LogP contribution in [-0.2, 0) is 15.1 Å². The van der Waals surface area contributed by atoms with Crippen molar-refractivity contribution in [2.24, 2.45) is 5.92 Å². The minimum atomic E-state index is -0.848. The lowest BCUT2D eigenvalue weighted by Crippen LogP contribution is -2.63. The zero-order chi connectivity index (χ0) is 18.6. The van der Waals surface area contributed by atoms with Crippen LogP contribution in [0.4, 0.5) is 0 Å². The Morgan fingerprint density at radius 2 is 1.96 bits per heavy atom. The predicted molar refractivity (Wildman–Crippen MR) is 104 cm³/mol. The molecule has 0 radical (unpaired) electrons. The Bertz CT molecular complexity index is 671. The summed E-state index contributed by atoms with van der Waals surface area (Å²) < 4.78 is 0. The number of benzene rings is 1. The summed E-state index contributed by atoms with van der Waals surface area (Å²) in [4.78, 5) is 26.8. The van der Waals surface area contributed by atoms with E-state index in [2.05, 4.69) is 5.32 Å². The SMILES string of the molecule is CSCC(=O)N[C@]1(c2ccccc2)CCN(C(=O)C2CC=CC2)C[C@H]1O. The normalized spacial score (nSPS) is 26.1. The van der Waals surface area contributed by atoms with Crippen LogP contribution in [0.15, 0.2) is 42.5 Å². The molecule has 0 unspecified atom stereocenters. The highest BCUT2D eigenvalue weighted by atomic mass is 32.2. The molecule has 2 aliphatic rings. The number of allylic oxidation sites excluding steroid dienone is 2. The van der Waals surface area contributed by atoms with E-state index in [0.717, 1.165) is 18.4 Å². The predicted octanol–water partition coefficient (Wildman–Crippen LogP) is 1.92. The first-order valence-corrected chi connectivity index (χ1v) is 10.4. The van der Waals surface area contributed by atoms with Crippen LogP contribution in [0.2, 0.25) is 0 Å². The average Bonchev–Trinajstić information content (AvgIpc) is 3.18. The summed E-state index contributed by atoms with van der Waals surface area (Å²) in [6, 6.07) is 9.60. The highest BCUT2D eigenvalue weighted by Gasteiger charge is 2.46. The summed E-state index contributed by atoms with van der Waals surface area (Å²) in [7, 11) is 0. The second kappa shape index (κ2) is 8.27. The molecule has 0 spiro atoms. The number of carbonyl (C=O) groups is 2. The van der Waals surface area contributed by atoms with Crippen molar-refractivity contribution in [1.82, 2.24) is 10.2 Å². The maximum absolute atomic E-state index is 12.7. The van der Waals surface area contributed by atoms with Gasteiger partial charge >= 0.3 is 0 Å². The van der Waals surface area contributed by atoms with E-state index in [4.69, 9.17) is 0 Å². The third-order valence-electron chi connectivity index (χ3n) is 5.33. The Morgan fingerprint density at radius 3 is 2.58 bits per heavy atom. The summed E-state index contributed by atoms with van der Waals surface area (Å²) in [6.45, 7) is 0.768. The van der Waals surface area contributed by atoms with Crippen LogP contribution in [0.1, 0.15) is 24.8 Å². The summed E-state index contributed by atoms with van der Waals surface area (Å²) in [5, 5.41) is 14.1. The van der Waals surface area contributed by atoms with Crippen LogP contribution >= 0.6 is 11.8 Å². The molecule has 0 aromatic heterocycles. The number of piperidine rings is 1. The average molecular weight is 375 g/mol. The Morgan fingerprint density at radius 1 is 1.27 bits per heavy atom. The molecule has 2 amide bonds. The molecular formula is C20H26N2O3S. The Kier molecular flexibility index (Phi) is 6.04. The van der Waals surface area contributed by atoms with Gasteiger partial charge in [0, 0.05) is 19.0 Å². The number of hydrogen-bond donors (Lipinski definition) is 2. The van der Waals surface area contributed by atoms with Crippen LogP contribution in [-0.4, -0.2) is 53.0 Å². The topological polar surface area (TPSA) is 69.6 Å². The van der Waals surface area contributed by atoms with E-state index < -0.39 is 11.6 Å². The standard InChI is InChI=1S/C20H26N2O3S/c1-26-14-18(24)21-20(16-9-3-2-4-10-16)11-12-22(13-17(20)23)19(25)15-7-5-6-8-15/h2-6,9-10,15,17,23H,7-8,11-14H2,1H3,(H,21,24)/t17-,20+/m1/s1. The Balaban J connectivity index is 1.80. The van der Waals surface area contributed by atoms with Crippen molar-refractivity contribution in [3.8, 4) is 0 Å². The van der Waals surface area contributed by atoms with Gasteiger partial charge in [0.2, 0.25) is 11.8 Å². The number of rotatable bonds is 5. The van der Waals surface area contributed by atoms with Gasteiger partial charge in [-0.1, -0.05) is 42.5 Å². The number of nitrogens with zero attached hydrogens (tertiary/aromatic N) is 1. The van der Waals surface area contributed by atoms with Gasteiger partial charge in [-0.15, -0.1) is 0 Å². The number of carbonyl (C=O) groups excluding carboxylic acids is 2. The highest BCUT2D eigenvalue weighted by molar-refractivity contribution is 7.99. The fourth-order valence-electron chi connectivity index (χ4n) is 3.92. The summed E-state index contributed by atoms with van der Waals surface area (Å²) in [5.41, 5.74) is 0.0373. The minimum absolute atomic E-state index is 0.00231. The van der Waals surface area contributed by atoms with Gasteiger partial charge in [-0.05, 0) is 31.1 Å². The van der Waals surface area contributed by atoms with Crippen molar-refractivity contribution >= 4 is 23.6 Å². The van der Waals surface area contributed by atoms with Gasteiger partial charge in [0.15, 0.2) is 0 Å². The molecule has 2 N–H and O–H groups in total. The number of aliphatic hydroxyl groups excluding tert-OH is 1. The van der Waals surface area contributed by atoms with E-state index >= 15 is 0 Å². The summed E-state index contributed by atoms with van der Waals surface area (Å²) >= 11 is 1.45. The van der Waals surface area contributed by atoms with Crippen LogP contribution in [0, 0.1) is 5.92 Å². The highest BCUT2D eigenvalue weighted by Crippen LogP contribution is 2.34. The molecule has 1 heterocycles. The summed E-state index contributed by atoms with van der Waals surface area (Å²) in [6.07, 6.45) is 7.17. The molecule has 0 saturated carbocycles. The van der Waals surface area contributed by atoms with Gasteiger partial charge in [-0.3, -0.25) is 9.59 Å². The lowest BCUT2D eigenvalue weighted by atomic mass is 9.78. The minimum Gasteiger partial charge on any atom is -0.388 e. The third-order valence-corrected chi connectivity index (χ3v) is 5.88. The van der Waals surface area contributed by atoms with E-state index in [9.17, 15) is 14.7 Å². The number of likely N-dealkylation sites (tertiary alicyclic amines) is 1. The van der Waals surface area contributed by atoms with E-state index in [0.29, 0.717) is 18.7 Å². The van der Waals surface area contributed by atoms with Crippen molar-refractivity contribution in [2.45, 2.75) is 30.9 Å². The molecule has 1 aliphatic heterocycles. The van der Waals surface area contributed by atoms with Crippen molar-refractivity contribution < 1.29 is 14.7 Å². The van der Waals surface area contributed by atoms with Crippen LogP contribution < -0.4 is 5.32 Å². The molecule has 2 atom stereocenters. The molecule has 1 aliphatic carbocycles. The number of nitrogens with one attached hydrogen (secondary N) is 1. The van der Waals surface area contributed by atoms with E-state index in [1.54, 1.807) is 4.90 Å². The first-order valence-electron chi connectivity index (χ1n) is 9.04. The number of amides is 2. The molecule has 0 bridgehead atoms. The van der Waals surface area contributed by atoms with E-state index in [1.165, 1.54) is 11.8 Å². The molecule has 140 valence electrons. The lowest BCUT2D eigenvalue weighted by Gasteiger charge is -2.46. The fourth-order valence-corrected chi connectivity index (χ4v) is 4.25. The molecule has 1 aromatic carbocycles. The van der Waals surface area contributed by atoms with Crippen LogP contribution in [0.5, 0.6) is 0 Å². The molecule has 3 rings (SSSR count). The molecule has 1 aromatic rings. The van der Waals surface area contributed by atoms with Gasteiger partial charge < -0.3 is 15.3 Å². The molecular weight excluding hydrogens is 348 g/mol. The summed E-state index contributed by atoms with van der Waals surface area (Å²) in [5.74, 6) is 0.348. The first-order chi connectivity index (χ1) is 12.6. The maximum Gasteiger partial charge on any atom is 0.230 e. The second-order valence-corrected chi connectivity index (χ2v) is 7.87. The Labute approximate surface area is 158 Å². The molecule has 1 fully saturated rings. The quantitative estimate of drug-likeness (QED) is 0.773. The molecule has 5 nitrogen and oxygen atoms in total. The second-order valence-electron chi connectivity index (χ2n) is 7.01. The fraction of sp³-hybridized carbons (Fsp3) is 0.500. The maximum atomic E-state index is 12.7. The monoisotopic (exact) mass is 374 g/mol. The number of aliphatic hydroxyl groups is 1. The number of β-amino-alcohol motifs (C(OH)–C–C–N with tert-alkyl or cyclic N) is 1. The van der Waals surface area contributed by atoms with Crippen LogP contribution in [0.25, 0.3) is 0 Å². The van der Waals surface area contributed by atoms with Gasteiger partial charge in [-0.25, -0.2) is 0 Å². The smallest absolute Gasteiger partial charge is 0.230 e. The molecule has 6 heteroatoms. The van der Waals surface area contributed by atoms with E-state index in [-0.39, 0.29) is 24.3 Å². The van der Waals surface area contributed by atoms with Gasteiger partial charge in [0.05, 0.1) is 17.4 Å². The van der Waals surface area contributed by atoms with Crippen molar-refractivity contribution in [2.75, 3.05) is 25.1 Å². The van der Waals surface area contributed by atoms with Crippen molar-refractivity contribution in [3.05, 3.63) is 48.0 Å². The van der Waals surface area contributed by atoms with Gasteiger partial charge in [-0.2, -0.15) is 11.8 Å².